The van der Waals surface area contributed by atoms with Gasteiger partial charge in [0.2, 0.25) is 5.88 Å². The Morgan fingerprint density at radius 3 is 2.49 bits per heavy atom. The summed E-state index contributed by atoms with van der Waals surface area (Å²) in [6, 6.07) is 7.56. The van der Waals surface area contributed by atoms with Crippen molar-refractivity contribution >= 4 is 32.5 Å². The van der Waals surface area contributed by atoms with Crippen LogP contribution in [0.25, 0.3) is 10.9 Å². The Bertz CT molecular complexity index is 1630. The number of hydrogen-bond donors (Lipinski definition) is 1. The van der Waals surface area contributed by atoms with E-state index in [1.807, 2.05) is 0 Å². The number of alkyl halides is 3. The van der Waals surface area contributed by atoms with Crippen LogP contribution >= 0.6 is 0 Å². The number of benzene rings is 2. The number of anilines is 1. The quantitative estimate of drug-likeness (QED) is 0.332. The zero-order valence-corrected chi connectivity index (χ0v) is 20.5. The second-order valence-corrected chi connectivity index (χ2v) is 10.5. The van der Waals surface area contributed by atoms with E-state index >= 15 is 4.39 Å². The molecule has 1 amide bonds. The molecule has 0 unspecified atom stereocenters. The molecule has 2 aromatic carbocycles. The molecule has 0 aliphatic heterocycles. The van der Waals surface area contributed by atoms with Gasteiger partial charge in [-0.2, -0.15) is 13.2 Å². The number of halogens is 4. The maximum Gasteiger partial charge on any atom is 0.416 e. The number of nitrogens with zero attached hydrogens (tertiary/aromatic N) is 3. The Morgan fingerprint density at radius 2 is 1.81 bits per heavy atom. The molecule has 2 aromatic heterocycles. The second-order valence-electron chi connectivity index (χ2n) is 8.41. The number of ether oxygens (including phenoxy) is 1. The largest absolute Gasteiger partial charge is 0.436 e. The van der Waals surface area contributed by atoms with E-state index in [0.29, 0.717) is 11.3 Å². The molecule has 37 heavy (non-hydrogen) atoms. The van der Waals surface area contributed by atoms with Crippen LogP contribution < -0.4 is 10.1 Å². The summed E-state index contributed by atoms with van der Waals surface area (Å²) in [5.74, 6) is -1.48. The topological polar surface area (TPSA) is 103 Å². The van der Waals surface area contributed by atoms with E-state index in [1.54, 1.807) is 13.8 Å². The van der Waals surface area contributed by atoms with Gasteiger partial charge in [0, 0.05) is 29.1 Å². The number of rotatable bonds is 5. The van der Waals surface area contributed by atoms with Gasteiger partial charge in [-0.15, -0.1) is 0 Å². The molecule has 0 radical (unpaired) electrons. The van der Waals surface area contributed by atoms with Crippen molar-refractivity contribution in [3.8, 4) is 11.6 Å². The molecule has 0 saturated heterocycles. The number of aromatic nitrogens is 3. The molecule has 194 valence electrons. The summed E-state index contributed by atoms with van der Waals surface area (Å²) in [4.78, 5) is 20.7. The molecular formula is C24H20F4N4O4S. The first kappa shape index (κ1) is 26.1. The molecule has 0 aliphatic rings. The predicted molar refractivity (Wildman–Crippen MR) is 128 cm³/mol. The summed E-state index contributed by atoms with van der Waals surface area (Å²) in [7, 11) is -3.37. The monoisotopic (exact) mass is 536 g/mol. The van der Waals surface area contributed by atoms with Crippen molar-refractivity contribution in [2.75, 3.05) is 11.6 Å². The Hall–Kier alpha value is -4.00. The SMILES string of the molecule is Cc1ccc(C(F)(F)F)cc1NC(=O)n1c(C)cc2c(F)c(Oc3cc(CS(C)(=O)=O)ncn3)ccc21. The van der Waals surface area contributed by atoms with Gasteiger partial charge in [-0.1, -0.05) is 6.07 Å². The number of hydrogen-bond acceptors (Lipinski definition) is 6. The number of amides is 1. The maximum absolute atomic E-state index is 15.3. The molecule has 0 spiro atoms. The summed E-state index contributed by atoms with van der Waals surface area (Å²) in [6.07, 6.45) is -2.45. The van der Waals surface area contributed by atoms with Gasteiger partial charge in [-0.05, 0) is 49.7 Å². The van der Waals surface area contributed by atoms with Crippen LogP contribution in [-0.2, 0) is 21.8 Å². The number of nitrogens with one attached hydrogen (secondary N) is 1. The minimum Gasteiger partial charge on any atom is -0.436 e. The van der Waals surface area contributed by atoms with Crippen molar-refractivity contribution in [3.63, 3.8) is 0 Å². The van der Waals surface area contributed by atoms with Crippen LogP contribution in [0.1, 0.15) is 22.5 Å². The highest BCUT2D eigenvalue weighted by atomic mass is 32.2. The Balaban J connectivity index is 1.65. The maximum atomic E-state index is 15.3. The van der Waals surface area contributed by atoms with Gasteiger partial charge in [0.15, 0.2) is 21.4 Å². The molecule has 0 saturated carbocycles. The van der Waals surface area contributed by atoms with Gasteiger partial charge >= 0.3 is 12.2 Å². The average molecular weight is 537 g/mol. The van der Waals surface area contributed by atoms with Gasteiger partial charge in [0.1, 0.15) is 6.33 Å². The lowest BCUT2D eigenvalue weighted by atomic mass is 10.1. The highest BCUT2D eigenvalue weighted by molar-refractivity contribution is 7.89. The minimum atomic E-state index is -4.59. The van der Waals surface area contributed by atoms with Gasteiger partial charge in [-0.3, -0.25) is 4.57 Å². The first-order chi connectivity index (χ1) is 17.2. The Labute approximate surface area is 208 Å². The van der Waals surface area contributed by atoms with Crippen LogP contribution in [0.15, 0.2) is 48.8 Å². The van der Waals surface area contributed by atoms with Crippen molar-refractivity contribution in [2.45, 2.75) is 25.8 Å². The van der Waals surface area contributed by atoms with E-state index in [2.05, 4.69) is 15.3 Å². The van der Waals surface area contributed by atoms with E-state index in [0.717, 1.165) is 29.3 Å². The zero-order chi connectivity index (χ0) is 27.1. The molecular weight excluding hydrogens is 516 g/mol. The molecule has 2 heterocycles. The smallest absolute Gasteiger partial charge is 0.416 e. The van der Waals surface area contributed by atoms with Crippen LogP contribution in [0, 0.1) is 19.7 Å². The number of carbonyl (C=O) groups excluding carboxylic acids is 1. The molecule has 0 atom stereocenters. The fraction of sp³-hybridized carbons (Fsp3) is 0.208. The van der Waals surface area contributed by atoms with Crippen LogP contribution in [0.2, 0.25) is 0 Å². The van der Waals surface area contributed by atoms with Crippen LogP contribution in [-0.4, -0.2) is 35.2 Å². The van der Waals surface area contributed by atoms with Crippen molar-refractivity contribution < 1.29 is 35.5 Å². The first-order valence-electron chi connectivity index (χ1n) is 10.7. The van der Waals surface area contributed by atoms with Crippen molar-refractivity contribution in [1.82, 2.24) is 14.5 Å². The van der Waals surface area contributed by atoms with E-state index in [1.165, 1.54) is 30.3 Å². The van der Waals surface area contributed by atoms with Gasteiger partial charge in [0.25, 0.3) is 0 Å². The molecule has 13 heteroatoms. The lowest BCUT2D eigenvalue weighted by Gasteiger charge is -2.14. The third-order valence-electron chi connectivity index (χ3n) is 5.40. The minimum absolute atomic E-state index is 0.0244. The van der Waals surface area contributed by atoms with E-state index in [4.69, 9.17) is 4.74 Å². The molecule has 8 nitrogen and oxygen atoms in total. The third-order valence-corrected chi connectivity index (χ3v) is 6.22. The summed E-state index contributed by atoms with van der Waals surface area (Å²) in [5, 5.41) is 2.49. The second kappa shape index (κ2) is 9.47. The van der Waals surface area contributed by atoms with E-state index in [-0.39, 0.29) is 39.7 Å². The van der Waals surface area contributed by atoms with E-state index < -0.39 is 33.4 Å². The summed E-state index contributed by atoms with van der Waals surface area (Å²) in [6.45, 7) is 3.09. The third kappa shape index (κ3) is 5.71. The van der Waals surface area contributed by atoms with Crippen molar-refractivity contribution in [2.24, 2.45) is 0 Å². The first-order valence-corrected chi connectivity index (χ1v) is 12.8. The predicted octanol–water partition coefficient (Wildman–Crippen LogP) is 5.62. The average Bonchev–Trinajstić information content (AvgIpc) is 3.12. The lowest BCUT2D eigenvalue weighted by Crippen LogP contribution is -2.21. The lowest BCUT2D eigenvalue weighted by molar-refractivity contribution is -0.137. The van der Waals surface area contributed by atoms with Crippen LogP contribution in [0.4, 0.5) is 28.0 Å². The van der Waals surface area contributed by atoms with E-state index in [9.17, 15) is 26.4 Å². The summed E-state index contributed by atoms with van der Waals surface area (Å²) in [5.41, 5.74) is 0.112. The van der Waals surface area contributed by atoms with Crippen LogP contribution in [0.5, 0.6) is 11.6 Å². The Morgan fingerprint density at radius 1 is 1.08 bits per heavy atom. The standard InChI is InChI=1S/C24H20F4N4O4S/c1-13-4-5-15(24(26,27)28)9-18(13)31-23(33)32-14(2)8-17-19(32)6-7-20(22(17)25)36-21-10-16(29-12-30-21)11-37(3,34)35/h4-10,12H,11H2,1-3H3,(H,31,33). The normalized spacial score (nSPS) is 12.1. The summed E-state index contributed by atoms with van der Waals surface area (Å²) >= 11 is 0. The fourth-order valence-corrected chi connectivity index (χ4v) is 4.40. The molecule has 0 fully saturated rings. The fourth-order valence-electron chi connectivity index (χ4n) is 3.70. The highest BCUT2D eigenvalue weighted by Gasteiger charge is 2.31. The highest BCUT2D eigenvalue weighted by Crippen LogP contribution is 2.34. The molecule has 0 bridgehead atoms. The van der Waals surface area contributed by atoms with Gasteiger partial charge in [0.05, 0.1) is 22.5 Å². The Kier molecular flexibility index (Phi) is 6.67. The number of fused-ring (bicyclic) bond motifs is 1. The number of sulfone groups is 1. The molecule has 4 aromatic rings. The number of carbonyl (C=O) groups is 1. The number of aryl methyl sites for hydroxylation is 2. The van der Waals surface area contributed by atoms with Gasteiger partial charge < -0.3 is 10.1 Å². The van der Waals surface area contributed by atoms with Crippen molar-refractivity contribution in [1.29, 1.82) is 0 Å². The van der Waals surface area contributed by atoms with Crippen molar-refractivity contribution in [3.05, 3.63) is 77.1 Å². The summed E-state index contributed by atoms with van der Waals surface area (Å²) < 4.78 is 84.3. The van der Waals surface area contributed by atoms with Gasteiger partial charge in [-0.25, -0.2) is 27.6 Å². The van der Waals surface area contributed by atoms with Crippen LogP contribution in [0.3, 0.4) is 0 Å². The zero-order valence-electron chi connectivity index (χ0n) is 19.7. The molecule has 0 aliphatic carbocycles. The molecule has 4 rings (SSSR count). The molecule has 1 N–H and O–H groups in total.